The van der Waals surface area contributed by atoms with Crippen LogP contribution in [-0.4, -0.2) is 48.2 Å². The molecule has 8 heteroatoms. The third-order valence-corrected chi connectivity index (χ3v) is 5.72. The largest absolute Gasteiger partial charge is 0.368 e. The molecule has 30 heavy (non-hydrogen) atoms. The minimum Gasteiger partial charge on any atom is -0.368 e. The number of hydrogen-bond donors (Lipinski definition) is 2. The Labute approximate surface area is 172 Å². The number of imidazole rings is 1. The molecule has 0 bridgehead atoms. The van der Waals surface area contributed by atoms with Crippen LogP contribution in [0, 0.1) is 0 Å². The van der Waals surface area contributed by atoms with Crippen LogP contribution in [-0.2, 0) is 0 Å². The summed E-state index contributed by atoms with van der Waals surface area (Å²) in [6.07, 6.45) is 12.8. The average molecular weight is 396 g/mol. The average Bonchev–Trinajstić information content (AvgIpc) is 3.43. The fourth-order valence-corrected chi connectivity index (χ4v) is 4.18. The van der Waals surface area contributed by atoms with Crippen molar-refractivity contribution in [1.29, 1.82) is 0 Å². The standard InChI is InChI=1S/C22H20N8/c1-2-8-30(9-3-1)19-13-24-11-18-21(19)27-22(26-18)20-15-10-16(14-4-6-23-7-5-14)25-12-17(15)28-29-20/h4-7,10-13H,1-3,8-9H2,(H,26,27)(H,28,29). The van der Waals surface area contributed by atoms with Crippen molar-refractivity contribution >= 4 is 27.6 Å². The highest BCUT2D eigenvalue weighted by atomic mass is 15.2. The number of H-pyrrole nitrogens is 2. The van der Waals surface area contributed by atoms with Gasteiger partial charge in [-0.1, -0.05) is 0 Å². The van der Waals surface area contributed by atoms with Crippen molar-refractivity contribution in [3.63, 3.8) is 0 Å². The van der Waals surface area contributed by atoms with Crippen molar-refractivity contribution in [2.45, 2.75) is 19.3 Å². The number of aromatic nitrogens is 7. The monoisotopic (exact) mass is 396 g/mol. The number of nitrogens with zero attached hydrogens (tertiary/aromatic N) is 6. The van der Waals surface area contributed by atoms with Gasteiger partial charge in [-0.15, -0.1) is 0 Å². The van der Waals surface area contributed by atoms with Crippen LogP contribution in [0.25, 0.3) is 44.7 Å². The highest BCUT2D eigenvalue weighted by molar-refractivity contribution is 5.96. The van der Waals surface area contributed by atoms with E-state index in [2.05, 4.69) is 35.0 Å². The molecule has 0 aliphatic carbocycles. The highest BCUT2D eigenvalue weighted by Crippen LogP contribution is 2.32. The van der Waals surface area contributed by atoms with Crippen LogP contribution in [0.1, 0.15) is 19.3 Å². The normalized spacial score (nSPS) is 14.6. The fraction of sp³-hybridized carbons (Fsp3) is 0.227. The molecule has 0 unspecified atom stereocenters. The van der Waals surface area contributed by atoms with Gasteiger partial charge in [-0.2, -0.15) is 5.10 Å². The summed E-state index contributed by atoms with van der Waals surface area (Å²) in [7, 11) is 0. The lowest BCUT2D eigenvalue weighted by molar-refractivity contribution is 0.578. The van der Waals surface area contributed by atoms with Crippen molar-refractivity contribution in [2.75, 3.05) is 18.0 Å². The third kappa shape index (κ3) is 2.80. The fourth-order valence-electron chi connectivity index (χ4n) is 4.18. The van der Waals surface area contributed by atoms with Crippen LogP contribution in [0.15, 0.2) is 49.2 Å². The molecule has 5 aromatic heterocycles. The molecule has 5 aromatic rings. The van der Waals surface area contributed by atoms with E-state index in [1.165, 1.54) is 19.3 Å². The van der Waals surface area contributed by atoms with E-state index in [0.29, 0.717) is 0 Å². The van der Waals surface area contributed by atoms with Gasteiger partial charge in [0, 0.05) is 36.4 Å². The van der Waals surface area contributed by atoms with Crippen molar-refractivity contribution < 1.29 is 0 Å². The predicted molar refractivity (Wildman–Crippen MR) is 116 cm³/mol. The van der Waals surface area contributed by atoms with E-state index in [-0.39, 0.29) is 0 Å². The second-order valence-corrected chi connectivity index (χ2v) is 7.61. The maximum atomic E-state index is 4.93. The summed E-state index contributed by atoms with van der Waals surface area (Å²) in [4.78, 5) is 23.8. The molecule has 1 saturated heterocycles. The first-order chi connectivity index (χ1) is 14.9. The number of nitrogens with one attached hydrogen (secondary N) is 2. The summed E-state index contributed by atoms with van der Waals surface area (Å²) in [5.41, 5.74) is 6.50. The van der Waals surface area contributed by atoms with E-state index < -0.39 is 0 Å². The zero-order valence-electron chi connectivity index (χ0n) is 16.3. The topological polar surface area (TPSA) is 99.3 Å². The third-order valence-electron chi connectivity index (χ3n) is 5.72. The number of pyridine rings is 3. The zero-order chi connectivity index (χ0) is 19.9. The highest BCUT2D eigenvalue weighted by Gasteiger charge is 2.19. The van der Waals surface area contributed by atoms with Crippen LogP contribution in [0.5, 0.6) is 0 Å². The van der Waals surface area contributed by atoms with Gasteiger partial charge in [0.2, 0.25) is 0 Å². The van der Waals surface area contributed by atoms with Crippen LogP contribution in [0.2, 0.25) is 0 Å². The predicted octanol–water partition coefficient (Wildman–Crippen LogP) is 3.95. The number of anilines is 1. The molecular weight excluding hydrogens is 376 g/mol. The maximum absolute atomic E-state index is 4.93. The lowest BCUT2D eigenvalue weighted by atomic mass is 10.1. The smallest absolute Gasteiger partial charge is 0.159 e. The molecule has 6 rings (SSSR count). The molecule has 8 nitrogen and oxygen atoms in total. The van der Waals surface area contributed by atoms with Gasteiger partial charge < -0.3 is 9.88 Å². The van der Waals surface area contributed by atoms with Crippen LogP contribution in [0.3, 0.4) is 0 Å². The van der Waals surface area contributed by atoms with Crippen molar-refractivity contribution in [1.82, 2.24) is 35.1 Å². The second-order valence-electron chi connectivity index (χ2n) is 7.61. The van der Waals surface area contributed by atoms with E-state index in [4.69, 9.17) is 4.98 Å². The molecule has 0 aromatic carbocycles. The molecule has 0 amide bonds. The van der Waals surface area contributed by atoms with Crippen LogP contribution in [0.4, 0.5) is 5.69 Å². The van der Waals surface area contributed by atoms with Gasteiger partial charge in [-0.25, -0.2) is 4.98 Å². The minimum atomic E-state index is 0.731. The van der Waals surface area contributed by atoms with E-state index in [9.17, 15) is 0 Å². The SMILES string of the molecule is c1cc(-c2cc3c(-c4nc5c(N6CCCCC6)cncc5[nH]4)n[nH]c3cn2)ccn1. The summed E-state index contributed by atoms with van der Waals surface area (Å²) >= 11 is 0. The Morgan fingerprint density at radius 1 is 0.900 bits per heavy atom. The van der Waals surface area contributed by atoms with Gasteiger partial charge in [0.1, 0.15) is 11.2 Å². The summed E-state index contributed by atoms with van der Waals surface area (Å²) < 4.78 is 0. The molecular formula is C22H20N8. The van der Waals surface area contributed by atoms with Crippen molar-refractivity contribution in [2.24, 2.45) is 0 Å². The molecule has 1 aliphatic rings. The summed E-state index contributed by atoms with van der Waals surface area (Å²) in [5, 5.41) is 8.58. The number of fused-ring (bicyclic) bond motifs is 2. The Kier molecular flexibility index (Phi) is 3.93. The zero-order valence-corrected chi connectivity index (χ0v) is 16.3. The molecule has 1 fully saturated rings. The van der Waals surface area contributed by atoms with E-state index in [1.54, 1.807) is 12.4 Å². The van der Waals surface area contributed by atoms with Gasteiger partial charge in [0.05, 0.1) is 41.0 Å². The van der Waals surface area contributed by atoms with Gasteiger partial charge in [-0.05, 0) is 37.5 Å². The summed E-state index contributed by atoms with van der Waals surface area (Å²) in [6, 6.07) is 5.94. The first-order valence-electron chi connectivity index (χ1n) is 10.2. The van der Waals surface area contributed by atoms with E-state index in [1.807, 2.05) is 36.8 Å². The Morgan fingerprint density at radius 3 is 2.63 bits per heavy atom. The molecule has 2 N–H and O–H groups in total. The molecule has 0 radical (unpaired) electrons. The maximum Gasteiger partial charge on any atom is 0.159 e. The summed E-state index contributed by atoms with van der Waals surface area (Å²) in [5.74, 6) is 0.731. The van der Waals surface area contributed by atoms with E-state index in [0.717, 1.165) is 63.5 Å². The van der Waals surface area contributed by atoms with Gasteiger partial charge in [-0.3, -0.25) is 20.1 Å². The Balaban J connectivity index is 1.47. The summed E-state index contributed by atoms with van der Waals surface area (Å²) in [6.45, 7) is 2.10. The second kappa shape index (κ2) is 6.91. The first-order valence-corrected chi connectivity index (χ1v) is 10.2. The van der Waals surface area contributed by atoms with Gasteiger partial charge in [0.25, 0.3) is 0 Å². The Morgan fingerprint density at radius 2 is 1.77 bits per heavy atom. The lowest BCUT2D eigenvalue weighted by Crippen LogP contribution is -2.29. The van der Waals surface area contributed by atoms with E-state index >= 15 is 0 Å². The number of aromatic amines is 2. The Hall–Kier alpha value is -3.81. The molecule has 0 spiro atoms. The molecule has 6 heterocycles. The minimum absolute atomic E-state index is 0.731. The molecule has 148 valence electrons. The number of piperidine rings is 1. The number of hydrogen-bond acceptors (Lipinski definition) is 6. The Bertz CT molecular complexity index is 1330. The molecule has 0 saturated carbocycles. The first kappa shape index (κ1) is 17.1. The molecule has 1 aliphatic heterocycles. The van der Waals surface area contributed by atoms with Gasteiger partial charge >= 0.3 is 0 Å². The van der Waals surface area contributed by atoms with Gasteiger partial charge in [0.15, 0.2) is 5.82 Å². The quantitative estimate of drug-likeness (QED) is 0.479. The number of rotatable bonds is 3. The van der Waals surface area contributed by atoms with Crippen molar-refractivity contribution in [3.05, 3.63) is 49.2 Å². The van der Waals surface area contributed by atoms with Crippen LogP contribution >= 0.6 is 0 Å². The van der Waals surface area contributed by atoms with Crippen molar-refractivity contribution in [3.8, 4) is 22.8 Å². The molecule has 0 atom stereocenters. The van der Waals surface area contributed by atoms with Crippen LogP contribution < -0.4 is 4.90 Å². The lowest BCUT2D eigenvalue weighted by Gasteiger charge is -2.28.